The van der Waals surface area contributed by atoms with Crippen LogP contribution in [0.4, 0.5) is 0 Å². The summed E-state index contributed by atoms with van der Waals surface area (Å²) in [5, 5.41) is 15.6. The largest absolute Gasteiger partial charge is 0.477 e. The topological polar surface area (TPSA) is 70.3 Å². The van der Waals surface area contributed by atoms with Crippen LogP contribution in [-0.4, -0.2) is 24.3 Å². The van der Waals surface area contributed by atoms with E-state index in [1.54, 1.807) is 0 Å². The van der Waals surface area contributed by atoms with Crippen LogP contribution in [0.2, 0.25) is 0 Å². The van der Waals surface area contributed by atoms with Crippen molar-refractivity contribution in [1.82, 2.24) is 0 Å². The van der Waals surface area contributed by atoms with E-state index in [1.165, 1.54) is 6.07 Å². The second-order valence-corrected chi connectivity index (χ2v) is 1.74. The maximum Gasteiger partial charge on any atom is 0.345 e. The van der Waals surface area contributed by atoms with Crippen molar-refractivity contribution in [2.24, 2.45) is 0 Å². The van der Waals surface area contributed by atoms with Crippen LogP contribution < -0.4 is 0 Å². The predicted octanol–water partition coefficient (Wildman–Crippen LogP) is 0.807. The number of nitrogens with zero attached hydrogens (tertiary/aromatic N) is 1. The Morgan fingerprint density at radius 3 is 2.38 bits per heavy atom. The van der Waals surface area contributed by atoms with Crippen LogP contribution >= 0.6 is 0 Å². The van der Waals surface area contributed by atoms with Gasteiger partial charge in [-0.05, 0) is 6.92 Å². The van der Waals surface area contributed by atoms with Gasteiger partial charge in [0.05, 0.1) is 0 Å². The van der Waals surface area contributed by atoms with Crippen LogP contribution in [0.1, 0.15) is 6.92 Å². The van der Waals surface area contributed by atoms with Crippen LogP contribution in [0.3, 0.4) is 0 Å². The van der Waals surface area contributed by atoms with Gasteiger partial charge in [-0.15, -0.1) is 6.42 Å². The van der Waals surface area contributed by atoms with E-state index in [1.807, 2.05) is 6.92 Å². The SMILES string of the molecule is C#CCOCC.C=C(C#N)C(=O)O. The first-order valence-electron chi connectivity index (χ1n) is 3.43. The monoisotopic (exact) mass is 181 g/mol. The Hall–Kier alpha value is -1.78. The van der Waals surface area contributed by atoms with E-state index in [0.29, 0.717) is 13.2 Å². The molecule has 4 nitrogen and oxygen atoms in total. The van der Waals surface area contributed by atoms with Crippen LogP contribution in [0.25, 0.3) is 0 Å². The summed E-state index contributed by atoms with van der Waals surface area (Å²) in [6.07, 6.45) is 4.84. The van der Waals surface area contributed by atoms with E-state index in [9.17, 15) is 4.79 Å². The molecule has 0 unspecified atom stereocenters. The Kier molecular flexibility index (Phi) is 10.8. The summed E-state index contributed by atoms with van der Waals surface area (Å²) in [6.45, 7) is 5.98. The molecule has 0 rings (SSSR count). The highest BCUT2D eigenvalue weighted by molar-refractivity contribution is 5.90. The molecule has 0 saturated heterocycles. The minimum absolute atomic E-state index is 0.431. The number of aliphatic carboxylic acids is 1. The highest BCUT2D eigenvalue weighted by Crippen LogP contribution is 1.81. The van der Waals surface area contributed by atoms with E-state index in [4.69, 9.17) is 21.5 Å². The standard InChI is InChI=1S/C5H8O.C4H3NO2/c1-3-5-6-4-2;1-3(2-5)4(6)7/h1H,4-5H2,2H3;1H2,(H,6,7). The highest BCUT2D eigenvalue weighted by Gasteiger charge is 1.97. The van der Waals surface area contributed by atoms with Gasteiger partial charge in [-0.25, -0.2) is 4.79 Å². The fraction of sp³-hybridized carbons (Fsp3) is 0.333. The number of ether oxygens (including phenoxy) is 1. The summed E-state index contributed by atoms with van der Waals surface area (Å²) in [4.78, 5) is 9.61. The summed E-state index contributed by atoms with van der Waals surface area (Å²) in [6, 6.07) is 1.37. The lowest BCUT2D eigenvalue weighted by Crippen LogP contribution is -1.94. The Balaban J connectivity index is 0. The van der Waals surface area contributed by atoms with Crippen molar-refractivity contribution in [2.75, 3.05) is 13.2 Å². The van der Waals surface area contributed by atoms with Crippen molar-refractivity contribution in [1.29, 1.82) is 5.26 Å². The van der Waals surface area contributed by atoms with Gasteiger partial charge in [0, 0.05) is 6.61 Å². The third-order valence-electron chi connectivity index (χ3n) is 0.783. The molecule has 0 fully saturated rings. The molecule has 0 saturated carbocycles. The third kappa shape index (κ3) is 13.2. The summed E-state index contributed by atoms with van der Waals surface area (Å²) in [5.41, 5.74) is -0.431. The van der Waals surface area contributed by atoms with Gasteiger partial charge in [-0.1, -0.05) is 12.5 Å². The van der Waals surface area contributed by atoms with Crippen molar-refractivity contribution in [3.05, 3.63) is 12.2 Å². The first-order valence-corrected chi connectivity index (χ1v) is 3.43. The zero-order valence-electron chi connectivity index (χ0n) is 7.41. The van der Waals surface area contributed by atoms with E-state index < -0.39 is 11.5 Å². The molecule has 0 atom stereocenters. The minimum Gasteiger partial charge on any atom is -0.477 e. The van der Waals surface area contributed by atoms with Gasteiger partial charge in [0.25, 0.3) is 0 Å². The number of terminal acetylenes is 1. The minimum atomic E-state index is -1.26. The third-order valence-corrected chi connectivity index (χ3v) is 0.783. The molecule has 0 bridgehead atoms. The number of nitriles is 1. The van der Waals surface area contributed by atoms with Crippen molar-refractivity contribution in [2.45, 2.75) is 6.92 Å². The number of carboxylic acids is 1. The lowest BCUT2D eigenvalue weighted by molar-refractivity contribution is -0.132. The summed E-state index contributed by atoms with van der Waals surface area (Å²) < 4.78 is 4.75. The number of hydrogen-bond acceptors (Lipinski definition) is 3. The van der Waals surface area contributed by atoms with E-state index >= 15 is 0 Å². The lowest BCUT2D eigenvalue weighted by Gasteiger charge is -1.86. The van der Waals surface area contributed by atoms with Crippen LogP contribution in [-0.2, 0) is 9.53 Å². The number of carboxylic acid groups (broad SMARTS) is 1. The molecule has 4 heteroatoms. The first kappa shape index (κ1) is 13.8. The normalized spacial score (nSPS) is 7.00. The zero-order valence-corrected chi connectivity index (χ0v) is 7.41. The molecule has 0 spiro atoms. The Morgan fingerprint density at radius 2 is 2.31 bits per heavy atom. The predicted molar refractivity (Wildman–Crippen MR) is 47.7 cm³/mol. The molecule has 1 N–H and O–H groups in total. The average Bonchev–Trinajstić information content (AvgIpc) is 2.14. The maximum absolute atomic E-state index is 9.61. The fourth-order valence-electron chi connectivity index (χ4n) is 0.209. The van der Waals surface area contributed by atoms with Gasteiger partial charge >= 0.3 is 5.97 Å². The van der Waals surface area contributed by atoms with Crippen molar-refractivity contribution in [3.8, 4) is 18.4 Å². The number of carbonyl (C=O) groups is 1. The molecular weight excluding hydrogens is 170 g/mol. The molecule has 70 valence electrons. The number of rotatable bonds is 3. The van der Waals surface area contributed by atoms with Gasteiger partial charge in [0.1, 0.15) is 18.2 Å². The van der Waals surface area contributed by atoms with Gasteiger partial charge in [0.15, 0.2) is 0 Å². The van der Waals surface area contributed by atoms with Crippen LogP contribution in [0.15, 0.2) is 12.2 Å². The van der Waals surface area contributed by atoms with Crippen molar-refractivity contribution in [3.63, 3.8) is 0 Å². The zero-order chi connectivity index (χ0) is 10.7. The second kappa shape index (κ2) is 10.2. The van der Waals surface area contributed by atoms with Crippen molar-refractivity contribution >= 4 is 5.97 Å². The molecule has 0 amide bonds. The van der Waals surface area contributed by atoms with E-state index in [2.05, 4.69) is 12.5 Å². The lowest BCUT2D eigenvalue weighted by atomic mass is 10.4. The first-order chi connectivity index (χ1) is 6.09. The molecule has 0 heterocycles. The average molecular weight is 181 g/mol. The fourth-order valence-corrected chi connectivity index (χ4v) is 0.209. The molecule has 0 aliphatic heterocycles. The molecule has 0 aliphatic carbocycles. The van der Waals surface area contributed by atoms with Gasteiger partial charge in [0.2, 0.25) is 0 Å². The van der Waals surface area contributed by atoms with Gasteiger partial charge in [-0.3, -0.25) is 0 Å². The summed E-state index contributed by atoms with van der Waals surface area (Å²) in [7, 11) is 0. The Bertz CT molecular complexity index is 245. The van der Waals surface area contributed by atoms with Crippen LogP contribution in [0, 0.1) is 23.7 Å². The van der Waals surface area contributed by atoms with Crippen molar-refractivity contribution < 1.29 is 14.6 Å². The van der Waals surface area contributed by atoms with E-state index in [-0.39, 0.29) is 0 Å². The highest BCUT2D eigenvalue weighted by atomic mass is 16.5. The van der Waals surface area contributed by atoms with Crippen LogP contribution in [0.5, 0.6) is 0 Å². The molecule has 13 heavy (non-hydrogen) atoms. The Morgan fingerprint density at radius 1 is 1.77 bits per heavy atom. The van der Waals surface area contributed by atoms with E-state index in [0.717, 1.165) is 0 Å². The number of hydrogen-bond donors (Lipinski definition) is 1. The molecular formula is C9H11NO3. The maximum atomic E-state index is 9.61. The smallest absolute Gasteiger partial charge is 0.345 e. The molecule has 0 aromatic carbocycles. The van der Waals surface area contributed by atoms with Gasteiger partial charge in [-0.2, -0.15) is 5.26 Å². The quantitative estimate of drug-likeness (QED) is 0.302. The molecule has 0 aliphatic rings. The summed E-state index contributed by atoms with van der Waals surface area (Å²) in [5.74, 6) is 1.08. The Labute approximate surface area is 77.4 Å². The molecule has 0 aromatic rings. The molecule has 0 aromatic heterocycles. The van der Waals surface area contributed by atoms with Gasteiger partial charge < -0.3 is 9.84 Å². The second-order valence-electron chi connectivity index (χ2n) is 1.74. The summed E-state index contributed by atoms with van der Waals surface area (Å²) >= 11 is 0. The molecule has 0 radical (unpaired) electrons.